The van der Waals surface area contributed by atoms with Crippen LogP contribution >= 0.6 is 0 Å². The van der Waals surface area contributed by atoms with Crippen LogP contribution in [0.2, 0.25) is 6.32 Å². The number of allylic oxidation sites excluding steroid dienone is 2. The van der Waals surface area contributed by atoms with Crippen molar-refractivity contribution in [3.63, 3.8) is 0 Å². The van der Waals surface area contributed by atoms with Crippen LogP contribution in [0.25, 0.3) is 10.9 Å². The van der Waals surface area contributed by atoms with Crippen molar-refractivity contribution in [3.8, 4) is 0 Å². The number of aromatic nitrogens is 2. The first-order valence-electron chi connectivity index (χ1n) is 16.4. The summed E-state index contributed by atoms with van der Waals surface area (Å²) in [7, 11) is 7.62. The minimum Gasteiger partial charge on any atom is -0.385 e. The summed E-state index contributed by atoms with van der Waals surface area (Å²) >= 11 is 0. The van der Waals surface area contributed by atoms with Gasteiger partial charge in [0.15, 0.2) is 5.78 Å². The van der Waals surface area contributed by atoms with E-state index in [0.29, 0.717) is 37.4 Å². The first-order chi connectivity index (χ1) is 21.2. The second-order valence-corrected chi connectivity index (χ2v) is 13.6. The molecule has 44 heavy (non-hydrogen) atoms. The van der Waals surface area contributed by atoms with Crippen molar-refractivity contribution < 1.29 is 19.2 Å². The van der Waals surface area contributed by atoms with E-state index in [2.05, 4.69) is 23.5 Å². The number of piperidine rings is 1. The number of nitrogens with zero attached hydrogens (tertiary/aromatic N) is 4. The largest absolute Gasteiger partial charge is 0.385 e. The fraction of sp³-hybridized carbons (Fsp3) is 0.618. The van der Waals surface area contributed by atoms with E-state index in [4.69, 9.17) is 12.9 Å². The van der Waals surface area contributed by atoms with E-state index in [1.54, 1.807) is 14.5 Å². The van der Waals surface area contributed by atoms with Crippen LogP contribution in [0.5, 0.6) is 0 Å². The molecule has 2 amide bonds. The lowest BCUT2D eigenvalue weighted by Crippen LogP contribution is -2.44. The summed E-state index contributed by atoms with van der Waals surface area (Å²) in [6, 6.07) is 3.40. The number of hydrogen-bond donors (Lipinski definition) is 1. The molecule has 3 fully saturated rings. The van der Waals surface area contributed by atoms with Gasteiger partial charge in [-0.25, -0.2) is 0 Å². The number of nitrogens with one attached hydrogen (secondary N) is 1. The second kappa shape index (κ2) is 12.5. The van der Waals surface area contributed by atoms with E-state index in [1.807, 2.05) is 13.1 Å². The molecule has 6 rings (SSSR count). The van der Waals surface area contributed by atoms with Crippen molar-refractivity contribution in [2.24, 2.45) is 11.3 Å². The zero-order chi connectivity index (χ0) is 31.0. The number of anilines is 1. The van der Waals surface area contributed by atoms with Crippen molar-refractivity contribution in [1.29, 1.82) is 0 Å². The van der Waals surface area contributed by atoms with Crippen LogP contribution in [0.1, 0.15) is 87.2 Å². The van der Waals surface area contributed by atoms with E-state index in [-0.39, 0.29) is 47.7 Å². The molecule has 2 aliphatic carbocycles. The van der Waals surface area contributed by atoms with Gasteiger partial charge in [0.05, 0.1) is 19.4 Å². The number of hydrogen-bond acceptors (Lipinski definition) is 6. The van der Waals surface area contributed by atoms with E-state index in [9.17, 15) is 19.2 Å². The van der Waals surface area contributed by atoms with Gasteiger partial charge in [-0.1, -0.05) is 31.4 Å². The molecular weight excluding hydrogens is 553 g/mol. The van der Waals surface area contributed by atoms with Gasteiger partial charge in [-0.2, -0.15) is 5.10 Å². The summed E-state index contributed by atoms with van der Waals surface area (Å²) in [6.07, 6.45) is 14.3. The zero-order valence-electron chi connectivity index (χ0n) is 26.1. The third-order valence-corrected chi connectivity index (χ3v) is 10.4. The Morgan fingerprint density at radius 1 is 1.07 bits per heavy atom. The standard InChI is InChI=1S/C34H44BN5O4/c1-22(41)32-26-15-25(36-19-23-10-6-5-7-11-23)14-24-12-8-3-4-9-13-30(43)38(2)21-34-16-27(28(42)18-35)40(29(34)17-34)31(44)20-39(37-32)33(24)26/h3,8,14-15,23,27,29,36H,4-7,9-13,16-21H2,1-2H3/b8-3+/t27-,29+,34-/m0/s1. The molecule has 1 aromatic heterocycles. The molecule has 2 saturated carbocycles. The summed E-state index contributed by atoms with van der Waals surface area (Å²) in [5.74, 6) is 0.201. The van der Waals surface area contributed by atoms with Crippen LogP contribution in [-0.4, -0.2) is 83.0 Å². The van der Waals surface area contributed by atoms with Crippen LogP contribution in [0, 0.1) is 11.3 Å². The number of benzene rings is 1. The molecule has 9 nitrogen and oxygen atoms in total. The fourth-order valence-electron chi connectivity index (χ4n) is 7.98. The van der Waals surface area contributed by atoms with Gasteiger partial charge < -0.3 is 15.1 Å². The van der Waals surface area contributed by atoms with E-state index in [1.165, 1.54) is 39.0 Å². The van der Waals surface area contributed by atoms with Crippen molar-refractivity contribution in [3.05, 3.63) is 35.5 Å². The zero-order valence-corrected chi connectivity index (χ0v) is 26.1. The van der Waals surface area contributed by atoms with Crippen molar-refractivity contribution in [2.45, 2.75) is 103 Å². The number of Topliss-reactive ketones (excluding diaryl/α,β-unsaturated/α-hetero) is 2. The molecule has 0 spiro atoms. The van der Waals surface area contributed by atoms with E-state index in [0.717, 1.165) is 48.0 Å². The molecule has 2 radical (unpaired) electrons. The molecule has 2 aliphatic heterocycles. The van der Waals surface area contributed by atoms with Gasteiger partial charge in [0.25, 0.3) is 0 Å². The highest BCUT2D eigenvalue weighted by molar-refractivity contribution is 6.21. The second-order valence-electron chi connectivity index (χ2n) is 13.6. The highest BCUT2D eigenvalue weighted by atomic mass is 16.2. The molecule has 2 bridgehead atoms. The Morgan fingerprint density at radius 3 is 2.61 bits per heavy atom. The number of rotatable bonds is 6. The van der Waals surface area contributed by atoms with Crippen molar-refractivity contribution >= 4 is 47.8 Å². The Bertz CT molecular complexity index is 1490. The average molecular weight is 598 g/mol. The lowest BCUT2D eigenvalue weighted by molar-refractivity contribution is -0.138. The van der Waals surface area contributed by atoms with Gasteiger partial charge >= 0.3 is 0 Å². The van der Waals surface area contributed by atoms with Gasteiger partial charge in [-0.15, -0.1) is 0 Å². The maximum atomic E-state index is 14.1. The molecule has 4 aliphatic rings. The summed E-state index contributed by atoms with van der Waals surface area (Å²) in [5, 5.41) is 9.10. The smallest absolute Gasteiger partial charge is 0.245 e. The van der Waals surface area contributed by atoms with Crippen LogP contribution in [-0.2, 0) is 27.3 Å². The van der Waals surface area contributed by atoms with Crippen molar-refractivity contribution in [1.82, 2.24) is 19.6 Å². The van der Waals surface area contributed by atoms with Gasteiger partial charge in [0.2, 0.25) is 11.8 Å². The Hall–Kier alpha value is -3.43. The third-order valence-electron chi connectivity index (χ3n) is 10.4. The molecule has 2 aromatic rings. The monoisotopic (exact) mass is 597 g/mol. The summed E-state index contributed by atoms with van der Waals surface area (Å²) in [5.41, 5.74) is 2.78. The van der Waals surface area contributed by atoms with Gasteiger partial charge in [-0.05, 0) is 74.9 Å². The molecule has 1 saturated heterocycles. The normalized spacial score (nSPS) is 27.2. The molecule has 0 unspecified atom stereocenters. The lowest BCUT2D eigenvalue weighted by Gasteiger charge is -2.27. The number of ketones is 2. The molecule has 3 heterocycles. The lowest BCUT2D eigenvalue weighted by atomic mass is 9.89. The molecule has 232 valence electrons. The van der Waals surface area contributed by atoms with Crippen molar-refractivity contribution in [2.75, 3.05) is 25.5 Å². The summed E-state index contributed by atoms with van der Waals surface area (Å²) < 4.78 is 1.67. The van der Waals surface area contributed by atoms with Crippen LogP contribution in [0.4, 0.5) is 5.69 Å². The maximum Gasteiger partial charge on any atom is 0.245 e. The van der Waals surface area contributed by atoms with Crippen LogP contribution in [0.15, 0.2) is 24.3 Å². The Labute approximate surface area is 261 Å². The topological polar surface area (TPSA) is 105 Å². The summed E-state index contributed by atoms with van der Waals surface area (Å²) in [4.78, 5) is 56.4. The van der Waals surface area contributed by atoms with Crippen LogP contribution < -0.4 is 5.32 Å². The molecular formula is C34H44BN5O4. The average Bonchev–Trinajstić information content (AvgIpc) is 3.41. The molecule has 3 atom stereocenters. The van der Waals surface area contributed by atoms with Gasteiger partial charge in [-0.3, -0.25) is 23.9 Å². The molecule has 1 N–H and O–H groups in total. The predicted octanol–water partition coefficient (Wildman–Crippen LogP) is 4.49. The molecule has 1 aromatic carbocycles. The SMILES string of the molecule is [B]CC(=O)[C@@H]1C[C@@]23C[C@H]2N1C(=O)Cn1nc(C(C)=O)c2cc(NCC4CCCCC4)cc(c21)C/C=C/CCCC(=O)N(C)C3. The number of carbonyl (C=O) groups is 4. The van der Waals surface area contributed by atoms with Crippen LogP contribution in [0.3, 0.4) is 0 Å². The minimum absolute atomic E-state index is 0.0783. The maximum absolute atomic E-state index is 14.1. The first-order valence-corrected chi connectivity index (χ1v) is 16.4. The van der Waals surface area contributed by atoms with Gasteiger partial charge in [0, 0.05) is 56.0 Å². The number of amides is 2. The Kier molecular flexibility index (Phi) is 8.71. The predicted molar refractivity (Wildman–Crippen MR) is 171 cm³/mol. The minimum atomic E-state index is -0.610. The van der Waals surface area contributed by atoms with E-state index >= 15 is 0 Å². The highest BCUT2D eigenvalue weighted by Crippen LogP contribution is 2.60. The summed E-state index contributed by atoms with van der Waals surface area (Å²) in [6.45, 7) is 2.84. The third kappa shape index (κ3) is 5.96. The fourth-order valence-corrected chi connectivity index (χ4v) is 7.98. The first kappa shape index (κ1) is 30.6. The van der Waals surface area contributed by atoms with Gasteiger partial charge in [0.1, 0.15) is 18.0 Å². The Morgan fingerprint density at radius 2 is 1.86 bits per heavy atom. The van der Waals surface area contributed by atoms with E-state index < -0.39 is 6.04 Å². The molecule has 10 heteroatoms. The quantitative estimate of drug-likeness (QED) is 0.299. The highest BCUT2D eigenvalue weighted by Gasteiger charge is 2.67. The Balaban J connectivity index is 1.38. The number of carbonyl (C=O) groups excluding carboxylic acids is 4.